The van der Waals surface area contributed by atoms with Crippen LogP contribution in [0.3, 0.4) is 0 Å². The fourth-order valence-electron chi connectivity index (χ4n) is 0.929. The number of ether oxygens (including phenoxy) is 1. The molecule has 0 aromatic carbocycles. The monoisotopic (exact) mass is 203 g/mol. The van der Waals surface area contributed by atoms with Gasteiger partial charge in [-0.05, 0) is 0 Å². The lowest BCUT2D eigenvalue weighted by Gasteiger charge is -2.15. The van der Waals surface area contributed by atoms with Crippen LogP contribution in [0.5, 0.6) is 0 Å². The molecule has 0 aromatic rings. The number of esters is 1. The van der Waals surface area contributed by atoms with E-state index < -0.39 is 12.0 Å². The van der Waals surface area contributed by atoms with E-state index in [0.717, 1.165) is 0 Å². The quantitative estimate of drug-likeness (QED) is 0.350. The van der Waals surface area contributed by atoms with E-state index in [1.54, 1.807) is 0 Å². The number of rotatable bonds is 6. The average molecular weight is 203 g/mol. The minimum Gasteiger partial charge on any atom is -0.467 e. The van der Waals surface area contributed by atoms with Gasteiger partial charge in [0.2, 0.25) is 5.91 Å². The van der Waals surface area contributed by atoms with Crippen molar-refractivity contribution in [3.05, 3.63) is 0 Å². The maximum Gasteiger partial charge on any atom is 0.329 e. The number of carbonyl (C=O) groups is 2. The van der Waals surface area contributed by atoms with Gasteiger partial charge in [-0.3, -0.25) is 4.79 Å². The van der Waals surface area contributed by atoms with Crippen LogP contribution < -0.4 is 16.4 Å². The average Bonchev–Trinajstić information content (AvgIpc) is 2.15. The van der Waals surface area contributed by atoms with E-state index in [9.17, 15) is 9.59 Å². The molecule has 1 atom stereocenters. The minimum absolute atomic E-state index is 0.269. The highest BCUT2D eigenvalue weighted by Gasteiger charge is 2.18. The molecule has 0 aromatic heterocycles. The van der Waals surface area contributed by atoms with E-state index >= 15 is 0 Å². The molecule has 0 bridgehead atoms. The first kappa shape index (κ1) is 12.9. The molecule has 0 fully saturated rings. The molecule has 82 valence electrons. The zero-order chi connectivity index (χ0) is 11.0. The normalized spacial score (nSPS) is 11.9. The van der Waals surface area contributed by atoms with Crippen LogP contribution in [0.1, 0.15) is 6.92 Å². The van der Waals surface area contributed by atoms with Gasteiger partial charge in [-0.25, -0.2) is 4.79 Å². The molecule has 0 aliphatic rings. The van der Waals surface area contributed by atoms with Gasteiger partial charge >= 0.3 is 5.97 Å². The zero-order valence-electron chi connectivity index (χ0n) is 8.50. The summed E-state index contributed by atoms with van der Waals surface area (Å²) in [5, 5.41) is 5.39. The third kappa shape index (κ3) is 5.50. The van der Waals surface area contributed by atoms with Gasteiger partial charge in [0.15, 0.2) is 0 Å². The van der Waals surface area contributed by atoms with E-state index in [4.69, 9.17) is 5.73 Å². The Morgan fingerprint density at radius 1 is 1.50 bits per heavy atom. The highest BCUT2D eigenvalue weighted by Crippen LogP contribution is 1.86. The van der Waals surface area contributed by atoms with Gasteiger partial charge < -0.3 is 21.1 Å². The number of nitrogens with one attached hydrogen (secondary N) is 2. The van der Waals surface area contributed by atoms with Crippen LogP contribution in [0.4, 0.5) is 0 Å². The van der Waals surface area contributed by atoms with Gasteiger partial charge in [-0.1, -0.05) is 0 Å². The van der Waals surface area contributed by atoms with Crippen LogP contribution in [0.2, 0.25) is 0 Å². The van der Waals surface area contributed by atoms with Gasteiger partial charge in [0.1, 0.15) is 6.04 Å². The summed E-state index contributed by atoms with van der Waals surface area (Å²) in [6.45, 7) is 2.74. The van der Waals surface area contributed by atoms with E-state index in [1.165, 1.54) is 14.0 Å². The van der Waals surface area contributed by atoms with Crippen molar-refractivity contribution in [1.29, 1.82) is 0 Å². The van der Waals surface area contributed by atoms with Crippen molar-refractivity contribution in [2.24, 2.45) is 5.73 Å². The van der Waals surface area contributed by atoms with E-state index in [2.05, 4.69) is 15.4 Å². The molecule has 6 heteroatoms. The van der Waals surface area contributed by atoms with Gasteiger partial charge in [0.25, 0.3) is 0 Å². The lowest BCUT2D eigenvalue weighted by Crippen LogP contribution is -2.47. The smallest absolute Gasteiger partial charge is 0.329 e. The summed E-state index contributed by atoms with van der Waals surface area (Å²) >= 11 is 0. The van der Waals surface area contributed by atoms with Crippen LogP contribution in [-0.4, -0.2) is 44.7 Å². The molecule has 0 aliphatic carbocycles. The Kier molecular flexibility index (Phi) is 6.69. The number of amides is 1. The molecule has 0 saturated carbocycles. The summed E-state index contributed by atoms with van der Waals surface area (Å²) in [5.41, 5.74) is 5.26. The Labute approximate surface area is 83.2 Å². The molecule has 0 radical (unpaired) electrons. The summed E-state index contributed by atoms with van der Waals surface area (Å²) in [4.78, 5) is 21.9. The predicted molar refractivity (Wildman–Crippen MR) is 51.5 cm³/mol. The molecule has 0 saturated heterocycles. The van der Waals surface area contributed by atoms with Gasteiger partial charge in [0, 0.05) is 26.6 Å². The molecule has 1 unspecified atom stereocenters. The third-order valence-electron chi connectivity index (χ3n) is 1.53. The summed E-state index contributed by atoms with van der Waals surface area (Å²) in [6, 6.07) is -0.649. The molecule has 4 N–H and O–H groups in total. The first-order chi connectivity index (χ1) is 6.61. The van der Waals surface area contributed by atoms with Crippen LogP contribution in [-0.2, 0) is 14.3 Å². The Morgan fingerprint density at radius 3 is 2.57 bits per heavy atom. The number of nitrogens with two attached hydrogens (primary N) is 1. The predicted octanol–water partition coefficient (Wildman–Crippen LogP) is -1.79. The van der Waals surface area contributed by atoms with E-state index in [-0.39, 0.29) is 5.91 Å². The largest absolute Gasteiger partial charge is 0.467 e. The lowest BCUT2D eigenvalue weighted by molar-refractivity contribution is -0.144. The van der Waals surface area contributed by atoms with Gasteiger partial charge in [-0.15, -0.1) is 0 Å². The molecule has 0 spiro atoms. The number of carbonyl (C=O) groups excluding carboxylic acids is 2. The highest BCUT2D eigenvalue weighted by molar-refractivity contribution is 5.83. The molecule has 0 rings (SSSR count). The van der Waals surface area contributed by atoms with E-state index in [0.29, 0.717) is 19.6 Å². The Hall–Kier alpha value is -1.14. The van der Waals surface area contributed by atoms with Crippen molar-refractivity contribution < 1.29 is 14.3 Å². The topological polar surface area (TPSA) is 93.4 Å². The summed E-state index contributed by atoms with van der Waals surface area (Å²) < 4.78 is 4.52. The maximum absolute atomic E-state index is 11.1. The first-order valence-corrected chi connectivity index (χ1v) is 4.37. The van der Waals surface area contributed by atoms with Crippen molar-refractivity contribution >= 4 is 11.9 Å². The molecule has 14 heavy (non-hydrogen) atoms. The van der Waals surface area contributed by atoms with Gasteiger partial charge in [-0.2, -0.15) is 0 Å². The Bertz CT molecular complexity index is 196. The molecule has 6 nitrogen and oxygen atoms in total. The Balaban J connectivity index is 3.97. The third-order valence-corrected chi connectivity index (χ3v) is 1.53. The molecule has 0 heterocycles. The van der Waals surface area contributed by atoms with Crippen LogP contribution >= 0.6 is 0 Å². The molecule has 0 aliphatic heterocycles. The molecule has 1 amide bonds. The number of methoxy groups -OCH3 is 1. The fourth-order valence-corrected chi connectivity index (χ4v) is 0.929. The van der Waals surface area contributed by atoms with Crippen molar-refractivity contribution in [2.45, 2.75) is 13.0 Å². The fraction of sp³-hybridized carbons (Fsp3) is 0.750. The first-order valence-electron chi connectivity index (χ1n) is 4.37. The van der Waals surface area contributed by atoms with E-state index in [1.807, 2.05) is 0 Å². The van der Waals surface area contributed by atoms with Crippen molar-refractivity contribution in [3.8, 4) is 0 Å². The lowest BCUT2D eigenvalue weighted by atomic mass is 10.3. The standard InChI is InChI=1S/C8H17N3O3/c1-6(12)11-7(8(13)14-2)5-10-4-3-9/h7,10H,3-5,9H2,1-2H3,(H,11,12). The molecular weight excluding hydrogens is 186 g/mol. The summed E-state index contributed by atoms with van der Waals surface area (Å²) in [5.74, 6) is -0.736. The number of hydrogen-bond donors (Lipinski definition) is 3. The highest BCUT2D eigenvalue weighted by atomic mass is 16.5. The second-order valence-electron chi connectivity index (χ2n) is 2.77. The van der Waals surface area contributed by atoms with Gasteiger partial charge in [0.05, 0.1) is 7.11 Å². The second kappa shape index (κ2) is 7.28. The zero-order valence-corrected chi connectivity index (χ0v) is 8.50. The number of hydrogen-bond acceptors (Lipinski definition) is 5. The van der Waals surface area contributed by atoms with Crippen molar-refractivity contribution in [1.82, 2.24) is 10.6 Å². The summed E-state index contributed by atoms with van der Waals surface area (Å²) in [7, 11) is 1.28. The second-order valence-corrected chi connectivity index (χ2v) is 2.77. The van der Waals surface area contributed by atoms with Crippen molar-refractivity contribution in [3.63, 3.8) is 0 Å². The van der Waals surface area contributed by atoms with Crippen molar-refractivity contribution in [2.75, 3.05) is 26.7 Å². The summed E-state index contributed by atoms with van der Waals surface area (Å²) in [6.07, 6.45) is 0. The van der Waals surface area contributed by atoms with Crippen LogP contribution in [0, 0.1) is 0 Å². The molecular formula is C8H17N3O3. The van der Waals surface area contributed by atoms with Crippen LogP contribution in [0.25, 0.3) is 0 Å². The minimum atomic E-state index is -0.649. The SMILES string of the molecule is COC(=O)C(CNCCN)NC(C)=O. The van der Waals surface area contributed by atoms with Crippen LogP contribution in [0.15, 0.2) is 0 Å². The maximum atomic E-state index is 11.1. The Morgan fingerprint density at radius 2 is 2.14 bits per heavy atom.